The van der Waals surface area contributed by atoms with Gasteiger partial charge in [-0.25, -0.2) is 0 Å². The maximum atomic E-state index is 11.6. The van der Waals surface area contributed by atoms with Crippen molar-refractivity contribution in [2.45, 2.75) is 45.6 Å². The predicted octanol–water partition coefficient (Wildman–Crippen LogP) is 1.40. The highest BCUT2D eigenvalue weighted by Gasteiger charge is 2.49. The Hall–Kier alpha value is -1.39. The number of ketones is 1. The number of hydrogen-bond acceptors (Lipinski definition) is 4. The highest BCUT2D eigenvalue weighted by atomic mass is 16.6. The first kappa shape index (κ1) is 13.7. The SMILES string of the molecule is CC(C)(C)OC(=O)[C@H]1C[C@@H]1C(=O)CCC(=O)O. The number of carbonyl (C=O) groups is 3. The topological polar surface area (TPSA) is 80.7 Å². The van der Waals surface area contributed by atoms with E-state index in [-0.39, 0.29) is 36.4 Å². The van der Waals surface area contributed by atoms with Crippen molar-refractivity contribution < 1.29 is 24.2 Å². The van der Waals surface area contributed by atoms with Gasteiger partial charge >= 0.3 is 11.9 Å². The molecule has 1 aliphatic carbocycles. The second-order valence-electron chi connectivity index (χ2n) is 5.34. The first-order valence-corrected chi connectivity index (χ1v) is 5.68. The second-order valence-corrected chi connectivity index (χ2v) is 5.34. The molecule has 0 spiro atoms. The van der Waals surface area contributed by atoms with Crippen LogP contribution in [-0.2, 0) is 19.1 Å². The van der Waals surface area contributed by atoms with Crippen LogP contribution < -0.4 is 0 Å². The molecule has 1 saturated carbocycles. The summed E-state index contributed by atoms with van der Waals surface area (Å²) in [6.45, 7) is 5.32. The van der Waals surface area contributed by atoms with E-state index in [4.69, 9.17) is 9.84 Å². The Bertz CT molecular complexity index is 339. The summed E-state index contributed by atoms with van der Waals surface area (Å²) in [4.78, 5) is 33.4. The summed E-state index contributed by atoms with van der Waals surface area (Å²) >= 11 is 0. The monoisotopic (exact) mass is 242 g/mol. The fourth-order valence-corrected chi connectivity index (χ4v) is 1.60. The van der Waals surface area contributed by atoms with Gasteiger partial charge in [-0.3, -0.25) is 14.4 Å². The van der Waals surface area contributed by atoms with Crippen LogP contribution in [0.5, 0.6) is 0 Å². The van der Waals surface area contributed by atoms with E-state index in [0.29, 0.717) is 6.42 Å². The number of carbonyl (C=O) groups excluding carboxylic acids is 2. The van der Waals surface area contributed by atoms with Crippen LogP contribution in [0.15, 0.2) is 0 Å². The Labute approximate surface area is 100 Å². The van der Waals surface area contributed by atoms with Crippen LogP contribution in [0.4, 0.5) is 0 Å². The number of carboxylic acids is 1. The van der Waals surface area contributed by atoms with Gasteiger partial charge in [0.2, 0.25) is 0 Å². The summed E-state index contributed by atoms with van der Waals surface area (Å²) in [6, 6.07) is 0. The molecular formula is C12H18O5. The number of esters is 1. The Balaban J connectivity index is 2.35. The van der Waals surface area contributed by atoms with E-state index in [9.17, 15) is 14.4 Å². The molecule has 0 aromatic heterocycles. The van der Waals surface area contributed by atoms with E-state index >= 15 is 0 Å². The van der Waals surface area contributed by atoms with Gasteiger partial charge < -0.3 is 9.84 Å². The van der Waals surface area contributed by atoms with Crippen LogP contribution in [0.2, 0.25) is 0 Å². The summed E-state index contributed by atoms with van der Waals surface area (Å²) in [6.07, 6.45) is 0.322. The van der Waals surface area contributed by atoms with Crippen molar-refractivity contribution in [3.63, 3.8) is 0 Å². The third kappa shape index (κ3) is 4.54. The van der Waals surface area contributed by atoms with E-state index in [0.717, 1.165) is 0 Å². The van der Waals surface area contributed by atoms with Gasteiger partial charge in [-0.15, -0.1) is 0 Å². The first-order valence-electron chi connectivity index (χ1n) is 5.68. The Morgan fingerprint density at radius 2 is 1.76 bits per heavy atom. The lowest BCUT2D eigenvalue weighted by Gasteiger charge is -2.19. The molecule has 0 bridgehead atoms. The molecule has 1 fully saturated rings. The molecule has 96 valence electrons. The lowest BCUT2D eigenvalue weighted by atomic mass is 10.1. The predicted molar refractivity (Wildman–Crippen MR) is 59.3 cm³/mol. The molecule has 5 nitrogen and oxygen atoms in total. The van der Waals surface area contributed by atoms with Gasteiger partial charge in [-0.1, -0.05) is 0 Å². The van der Waals surface area contributed by atoms with Crippen molar-refractivity contribution in [2.75, 3.05) is 0 Å². The smallest absolute Gasteiger partial charge is 0.310 e. The number of ether oxygens (including phenoxy) is 1. The largest absolute Gasteiger partial charge is 0.481 e. The highest BCUT2D eigenvalue weighted by molar-refractivity contribution is 5.92. The molecule has 0 saturated heterocycles. The van der Waals surface area contributed by atoms with Gasteiger partial charge in [0, 0.05) is 12.3 Å². The van der Waals surface area contributed by atoms with Crippen LogP contribution in [-0.4, -0.2) is 28.4 Å². The molecule has 0 unspecified atom stereocenters. The van der Waals surface area contributed by atoms with Gasteiger partial charge in [0.05, 0.1) is 12.3 Å². The number of rotatable bonds is 5. The third-order valence-electron chi connectivity index (χ3n) is 2.50. The standard InChI is InChI=1S/C12H18O5/c1-12(2,3)17-11(16)8-6-7(8)9(13)4-5-10(14)15/h7-8H,4-6H2,1-3H3,(H,14,15)/t7-,8-/m0/s1. The zero-order valence-corrected chi connectivity index (χ0v) is 10.4. The van der Waals surface area contributed by atoms with Gasteiger partial charge in [0.15, 0.2) is 0 Å². The zero-order valence-electron chi connectivity index (χ0n) is 10.4. The summed E-state index contributed by atoms with van der Waals surface area (Å²) in [5.41, 5.74) is -0.547. The molecule has 5 heteroatoms. The minimum absolute atomic E-state index is 0.000697. The van der Waals surface area contributed by atoms with E-state index in [1.165, 1.54) is 0 Å². The van der Waals surface area contributed by atoms with E-state index < -0.39 is 11.6 Å². The van der Waals surface area contributed by atoms with Crippen molar-refractivity contribution in [2.24, 2.45) is 11.8 Å². The average Bonchev–Trinajstić information content (AvgIpc) is 2.90. The lowest BCUT2D eigenvalue weighted by molar-refractivity contribution is -0.157. The second kappa shape index (κ2) is 4.85. The van der Waals surface area contributed by atoms with Crippen molar-refractivity contribution >= 4 is 17.7 Å². The van der Waals surface area contributed by atoms with Crippen LogP contribution in [0.1, 0.15) is 40.0 Å². The summed E-state index contributed by atoms with van der Waals surface area (Å²) in [7, 11) is 0. The van der Waals surface area contributed by atoms with Gasteiger partial charge in [-0.2, -0.15) is 0 Å². The number of Topliss-reactive ketones (excluding diaryl/α,β-unsaturated/α-hetero) is 1. The molecule has 1 rings (SSSR count). The molecule has 0 aromatic rings. The van der Waals surface area contributed by atoms with Crippen molar-refractivity contribution in [3.8, 4) is 0 Å². The average molecular weight is 242 g/mol. The van der Waals surface area contributed by atoms with Crippen LogP contribution >= 0.6 is 0 Å². The molecule has 0 radical (unpaired) electrons. The Morgan fingerprint density at radius 1 is 1.18 bits per heavy atom. The molecule has 1 aliphatic rings. The summed E-state index contributed by atoms with van der Waals surface area (Å²) in [5.74, 6) is -2.19. The van der Waals surface area contributed by atoms with E-state index in [1.54, 1.807) is 20.8 Å². The maximum absolute atomic E-state index is 11.6. The molecular weight excluding hydrogens is 224 g/mol. The summed E-state index contributed by atoms with van der Waals surface area (Å²) in [5, 5.41) is 8.45. The zero-order chi connectivity index (χ0) is 13.2. The van der Waals surface area contributed by atoms with Crippen molar-refractivity contribution in [1.82, 2.24) is 0 Å². The van der Waals surface area contributed by atoms with E-state index in [1.807, 2.05) is 0 Å². The van der Waals surface area contributed by atoms with E-state index in [2.05, 4.69) is 0 Å². The number of aliphatic carboxylic acids is 1. The van der Waals surface area contributed by atoms with Gasteiger partial charge in [0.1, 0.15) is 11.4 Å². The minimum Gasteiger partial charge on any atom is -0.481 e. The maximum Gasteiger partial charge on any atom is 0.310 e. The minimum atomic E-state index is -0.993. The fourth-order valence-electron chi connectivity index (χ4n) is 1.60. The van der Waals surface area contributed by atoms with Crippen LogP contribution in [0.3, 0.4) is 0 Å². The van der Waals surface area contributed by atoms with Crippen molar-refractivity contribution in [3.05, 3.63) is 0 Å². The molecule has 1 N–H and O–H groups in total. The summed E-state index contributed by atoms with van der Waals surface area (Å²) < 4.78 is 5.16. The molecule has 0 aliphatic heterocycles. The fraction of sp³-hybridized carbons (Fsp3) is 0.750. The van der Waals surface area contributed by atoms with Gasteiger partial charge in [-0.05, 0) is 27.2 Å². The molecule has 0 aromatic carbocycles. The lowest BCUT2D eigenvalue weighted by Crippen LogP contribution is -2.25. The van der Waals surface area contributed by atoms with Crippen LogP contribution in [0.25, 0.3) is 0 Å². The quantitative estimate of drug-likeness (QED) is 0.737. The molecule has 17 heavy (non-hydrogen) atoms. The third-order valence-corrected chi connectivity index (χ3v) is 2.50. The molecule has 0 heterocycles. The van der Waals surface area contributed by atoms with Crippen molar-refractivity contribution in [1.29, 1.82) is 0 Å². The van der Waals surface area contributed by atoms with Gasteiger partial charge in [0.25, 0.3) is 0 Å². The highest BCUT2D eigenvalue weighted by Crippen LogP contribution is 2.41. The van der Waals surface area contributed by atoms with Crippen LogP contribution in [0, 0.1) is 11.8 Å². The normalized spacial score (nSPS) is 23.0. The molecule has 2 atom stereocenters. The number of carboxylic acid groups (broad SMARTS) is 1. The Morgan fingerprint density at radius 3 is 2.24 bits per heavy atom. The first-order chi connectivity index (χ1) is 7.70. The Kier molecular flexibility index (Phi) is 3.91. The number of hydrogen-bond donors (Lipinski definition) is 1. The molecule has 0 amide bonds.